The van der Waals surface area contributed by atoms with Gasteiger partial charge in [0.15, 0.2) is 0 Å². The highest BCUT2D eigenvalue weighted by Gasteiger charge is 2.43. The third kappa shape index (κ3) is 2.51. The van der Waals surface area contributed by atoms with Gasteiger partial charge in [0.05, 0.1) is 18.6 Å². The second kappa shape index (κ2) is 4.31. The molecule has 1 aromatic carbocycles. The lowest BCUT2D eigenvalue weighted by molar-refractivity contribution is 0.406. The van der Waals surface area contributed by atoms with E-state index in [0.717, 1.165) is 25.0 Å². The van der Waals surface area contributed by atoms with Gasteiger partial charge in [-0.1, -0.05) is 32.9 Å². The van der Waals surface area contributed by atoms with Crippen molar-refractivity contribution in [2.45, 2.75) is 45.4 Å². The number of benzene rings is 1. The van der Waals surface area contributed by atoms with Crippen LogP contribution in [-0.2, 0) is 11.8 Å². The van der Waals surface area contributed by atoms with Crippen LogP contribution in [0.2, 0.25) is 0 Å². The van der Waals surface area contributed by atoms with Crippen LogP contribution in [0.3, 0.4) is 0 Å². The fraction of sp³-hybridized carbons (Fsp3) is 0.562. The first-order chi connectivity index (χ1) is 8.40. The zero-order chi connectivity index (χ0) is 13.4. The summed E-state index contributed by atoms with van der Waals surface area (Å²) in [6.45, 7) is 6.61. The maximum absolute atomic E-state index is 9.22. The van der Waals surface area contributed by atoms with Crippen LogP contribution in [0.1, 0.15) is 44.7 Å². The van der Waals surface area contributed by atoms with Crippen LogP contribution in [0.15, 0.2) is 18.2 Å². The summed E-state index contributed by atoms with van der Waals surface area (Å²) in [5.41, 5.74) is 2.48. The largest absolute Gasteiger partial charge is 0.496 e. The van der Waals surface area contributed by atoms with E-state index in [1.165, 1.54) is 11.1 Å². The molecule has 0 atom stereocenters. The molecule has 0 aromatic heterocycles. The summed E-state index contributed by atoms with van der Waals surface area (Å²) in [5, 5.41) is 9.22. The van der Waals surface area contributed by atoms with Gasteiger partial charge in [0.1, 0.15) is 5.75 Å². The molecule has 1 aromatic rings. The Labute approximate surface area is 110 Å². The number of ether oxygens (including phenoxy) is 1. The van der Waals surface area contributed by atoms with Crippen LogP contribution < -0.4 is 4.74 Å². The fourth-order valence-electron chi connectivity index (χ4n) is 2.23. The molecule has 0 radical (unpaired) electrons. The summed E-state index contributed by atoms with van der Waals surface area (Å²) in [4.78, 5) is 0. The maximum atomic E-state index is 9.22. The summed E-state index contributed by atoms with van der Waals surface area (Å²) < 4.78 is 5.42. The molecule has 2 nitrogen and oxygen atoms in total. The lowest BCUT2D eigenvalue weighted by Crippen LogP contribution is -2.12. The molecule has 0 N–H and O–H groups in total. The number of hydrogen-bond donors (Lipinski definition) is 0. The Kier molecular flexibility index (Phi) is 3.11. The Hall–Kier alpha value is -1.49. The van der Waals surface area contributed by atoms with Gasteiger partial charge < -0.3 is 4.74 Å². The molecule has 0 unspecified atom stereocenters. The molecule has 1 aliphatic rings. The maximum Gasteiger partial charge on any atom is 0.122 e. The first-order valence-corrected chi connectivity index (χ1v) is 6.49. The summed E-state index contributed by atoms with van der Waals surface area (Å²) in [6, 6.07) is 8.81. The van der Waals surface area contributed by atoms with Gasteiger partial charge in [-0.15, -0.1) is 0 Å². The van der Waals surface area contributed by atoms with E-state index in [1.807, 2.05) is 6.07 Å². The third-order valence-electron chi connectivity index (χ3n) is 3.77. The van der Waals surface area contributed by atoms with Gasteiger partial charge in [-0.05, 0) is 41.9 Å². The number of rotatable bonds is 3. The van der Waals surface area contributed by atoms with Gasteiger partial charge in [0, 0.05) is 0 Å². The first-order valence-electron chi connectivity index (χ1n) is 6.49. The van der Waals surface area contributed by atoms with Crippen LogP contribution >= 0.6 is 0 Å². The predicted octanol–water partition coefficient (Wildman–Crippen LogP) is 3.84. The highest BCUT2D eigenvalue weighted by molar-refractivity contribution is 5.41. The van der Waals surface area contributed by atoms with Crippen molar-refractivity contribution < 1.29 is 4.74 Å². The normalized spacial score (nSPS) is 17.1. The summed E-state index contributed by atoms with van der Waals surface area (Å²) in [5.74, 6) is 0.907. The minimum Gasteiger partial charge on any atom is -0.496 e. The average molecular weight is 243 g/mol. The summed E-state index contributed by atoms with van der Waals surface area (Å²) in [6.07, 6.45) is 2.86. The van der Waals surface area contributed by atoms with Gasteiger partial charge in [-0.25, -0.2) is 0 Å². The topological polar surface area (TPSA) is 33.0 Å². The molecule has 18 heavy (non-hydrogen) atoms. The van der Waals surface area contributed by atoms with Gasteiger partial charge in [0.25, 0.3) is 0 Å². The van der Waals surface area contributed by atoms with E-state index in [2.05, 4.69) is 39.0 Å². The Balaban J connectivity index is 2.35. The standard InChI is InChI=1S/C16H21NO/c1-15(2,3)13-5-6-14(18-4)12(9-13)10-16(11-17)7-8-16/h5-6,9H,7-8,10H2,1-4H3. The number of nitrogens with zero attached hydrogens (tertiary/aromatic N) is 1. The lowest BCUT2D eigenvalue weighted by atomic mass is 9.84. The summed E-state index contributed by atoms with van der Waals surface area (Å²) >= 11 is 0. The molecule has 1 fully saturated rings. The number of hydrogen-bond acceptors (Lipinski definition) is 2. The smallest absolute Gasteiger partial charge is 0.122 e. The van der Waals surface area contributed by atoms with Crippen molar-refractivity contribution in [2.75, 3.05) is 7.11 Å². The minimum absolute atomic E-state index is 0.121. The van der Waals surface area contributed by atoms with Gasteiger partial charge in [-0.2, -0.15) is 5.26 Å². The molecule has 1 aliphatic carbocycles. The monoisotopic (exact) mass is 243 g/mol. The second-order valence-electron chi connectivity index (χ2n) is 6.35. The molecular formula is C16H21NO. The predicted molar refractivity (Wildman–Crippen MR) is 72.7 cm³/mol. The Morgan fingerprint density at radius 3 is 2.44 bits per heavy atom. The molecule has 0 spiro atoms. The Bertz CT molecular complexity index is 487. The molecule has 0 saturated heterocycles. The zero-order valence-electron chi connectivity index (χ0n) is 11.7. The molecule has 96 valence electrons. The van der Waals surface area contributed by atoms with Gasteiger partial charge in [0.2, 0.25) is 0 Å². The fourth-order valence-corrected chi connectivity index (χ4v) is 2.23. The molecule has 1 saturated carbocycles. The van der Waals surface area contributed by atoms with Crippen LogP contribution in [0.25, 0.3) is 0 Å². The minimum atomic E-state index is -0.121. The molecule has 0 aliphatic heterocycles. The number of methoxy groups -OCH3 is 1. The van der Waals surface area contributed by atoms with Crippen molar-refractivity contribution >= 4 is 0 Å². The van der Waals surface area contributed by atoms with E-state index in [1.54, 1.807) is 7.11 Å². The van der Waals surface area contributed by atoms with E-state index in [-0.39, 0.29) is 10.8 Å². The summed E-state index contributed by atoms with van der Waals surface area (Å²) in [7, 11) is 1.70. The van der Waals surface area contributed by atoms with Crippen molar-refractivity contribution in [3.63, 3.8) is 0 Å². The van der Waals surface area contributed by atoms with Crippen LogP contribution in [0.5, 0.6) is 5.75 Å². The van der Waals surface area contributed by atoms with Crippen molar-refractivity contribution in [1.29, 1.82) is 5.26 Å². The zero-order valence-corrected chi connectivity index (χ0v) is 11.7. The highest BCUT2D eigenvalue weighted by atomic mass is 16.5. The van der Waals surface area contributed by atoms with E-state index < -0.39 is 0 Å². The van der Waals surface area contributed by atoms with Crippen LogP contribution in [0, 0.1) is 16.7 Å². The van der Waals surface area contributed by atoms with Crippen molar-refractivity contribution in [3.8, 4) is 11.8 Å². The highest BCUT2D eigenvalue weighted by Crippen LogP contribution is 2.49. The van der Waals surface area contributed by atoms with Gasteiger partial charge in [-0.3, -0.25) is 0 Å². The molecule has 0 amide bonds. The van der Waals surface area contributed by atoms with Crippen molar-refractivity contribution in [3.05, 3.63) is 29.3 Å². The lowest BCUT2D eigenvalue weighted by Gasteiger charge is -2.21. The van der Waals surface area contributed by atoms with Crippen molar-refractivity contribution in [1.82, 2.24) is 0 Å². The van der Waals surface area contributed by atoms with Gasteiger partial charge >= 0.3 is 0 Å². The van der Waals surface area contributed by atoms with E-state index >= 15 is 0 Å². The SMILES string of the molecule is COc1ccc(C(C)(C)C)cc1CC1(C#N)CC1. The number of nitriles is 1. The second-order valence-corrected chi connectivity index (χ2v) is 6.35. The molecule has 0 bridgehead atoms. The third-order valence-corrected chi connectivity index (χ3v) is 3.77. The molecule has 0 heterocycles. The van der Waals surface area contributed by atoms with E-state index in [4.69, 9.17) is 4.74 Å². The van der Waals surface area contributed by atoms with E-state index in [9.17, 15) is 5.26 Å². The Morgan fingerprint density at radius 1 is 1.33 bits per heavy atom. The average Bonchev–Trinajstić information content (AvgIpc) is 3.08. The molecular weight excluding hydrogens is 222 g/mol. The van der Waals surface area contributed by atoms with Crippen molar-refractivity contribution in [2.24, 2.45) is 5.41 Å². The van der Waals surface area contributed by atoms with Crippen LogP contribution in [0.4, 0.5) is 0 Å². The molecule has 2 heteroatoms. The molecule has 2 rings (SSSR count). The Morgan fingerprint density at radius 2 is 2.00 bits per heavy atom. The van der Waals surface area contributed by atoms with Crippen LogP contribution in [-0.4, -0.2) is 7.11 Å². The first kappa shape index (κ1) is 13.0. The van der Waals surface area contributed by atoms with E-state index in [0.29, 0.717) is 0 Å². The quantitative estimate of drug-likeness (QED) is 0.808.